The van der Waals surface area contributed by atoms with Crippen LogP contribution in [0.15, 0.2) is 12.1 Å². The minimum absolute atomic E-state index is 0.0461. The van der Waals surface area contributed by atoms with E-state index in [9.17, 15) is 20.1 Å². The first-order valence-electron chi connectivity index (χ1n) is 7.56. The Labute approximate surface area is 152 Å². The second-order valence-electron chi connectivity index (χ2n) is 5.83. The maximum atomic E-state index is 10.9. The summed E-state index contributed by atoms with van der Waals surface area (Å²) in [6, 6.07) is 2.83. The van der Waals surface area contributed by atoms with E-state index in [1.807, 2.05) is 0 Å². The molecule has 0 unspecified atom stereocenters. The third-order valence-electron chi connectivity index (χ3n) is 4.23. The number of nitrogen functional groups attached to an aromatic ring is 1. The summed E-state index contributed by atoms with van der Waals surface area (Å²) in [5.74, 6) is -0.184. The van der Waals surface area contributed by atoms with Crippen LogP contribution in [0.1, 0.15) is 16.1 Å². The number of aliphatic hydroxyl groups is 3. The predicted octanol–water partition coefficient (Wildman–Crippen LogP) is 0.768. The molecule has 6 N–H and O–H groups in total. The highest BCUT2D eigenvalue weighted by Gasteiger charge is 2.41. The number of aldehydes is 1. The summed E-state index contributed by atoms with van der Waals surface area (Å²) < 4.78 is 0. The van der Waals surface area contributed by atoms with Crippen LogP contribution >= 0.6 is 22.9 Å². The van der Waals surface area contributed by atoms with Gasteiger partial charge >= 0.3 is 0 Å². The second-order valence-corrected chi connectivity index (χ2v) is 7.30. The van der Waals surface area contributed by atoms with E-state index in [1.165, 1.54) is 11.3 Å². The summed E-state index contributed by atoms with van der Waals surface area (Å²) in [5, 5.41) is 32.6. The molecule has 134 valence electrons. The summed E-state index contributed by atoms with van der Waals surface area (Å²) in [7, 11) is 0. The third kappa shape index (κ3) is 3.46. The van der Waals surface area contributed by atoms with E-state index in [1.54, 1.807) is 12.1 Å². The van der Waals surface area contributed by atoms with Gasteiger partial charge in [-0.25, -0.2) is 4.98 Å². The quantitative estimate of drug-likeness (QED) is 0.376. The topological polar surface area (TPSA) is 142 Å². The normalized spacial score (nSPS) is 25.9. The molecule has 0 spiro atoms. The molecule has 2 heterocycles. The maximum Gasteiger partial charge on any atom is 0.223 e. The van der Waals surface area contributed by atoms with Crippen LogP contribution in [0.2, 0.25) is 5.15 Å². The van der Waals surface area contributed by atoms with Gasteiger partial charge in [0, 0.05) is 17.4 Å². The first-order chi connectivity index (χ1) is 11.9. The Morgan fingerprint density at radius 3 is 2.72 bits per heavy atom. The molecule has 25 heavy (non-hydrogen) atoms. The molecule has 1 aliphatic carbocycles. The molecule has 1 fully saturated rings. The number of nitrogens with two attached hydrogens (primary N) is 1. The van der Waals surface area contributed by atoms with Gasteiger partial charge in [-0.15, -0.1) is 11.3 Å². The fraction of sp³-hybridized carbons (Fsp3) is 0.400. The van der Waals surface area contributed by atoms with Crippen LogP contribution in [0.25, 0.3) is 10.4 Å². The van der Waals surface area contributed by atoms with Gasteiger partial charge in [-0.2, -0.15) is 4.98 Å². The Morgan fingerprint density at radius 1 is 1.36 bits per heavy atom. The lowest BCUT2D eigenvalue weighted by Gasteiger charge is -2.20. The number of carbonyl (C=O) groups is 1. The summed E-state index contributed by atoms with van der Waals surface area (Å²) in [4.78, 5) is 20.2. The molecule has 2 aromatic rings. The summed E-state index contributed by atoms with van der Waals surface area (Å²) >= 11 is 7.44. The molecule has 0 bridgehead atoms. The Bertz CT molecular complexity index is 787. The van der Waals surface area contributed by atoms with Gasteiger partial charge in [0.15, 0.2) is 6.29 Å². The SMILES string of the molecule is Nc1nc(Cl)c(-c2ccc(C=O)s2)c(N[C@@H]2C[C@H](CO)[C@@H](O)[C@H]2O)n1. The molecule has 0 aromatic carbocycles. The van der Waals surface area contributed by atoms with Gasteiger partial charge in [0.2, 0.25) is 5.95 Å². The number of nitrogens with zero attached hydrogens (tertiary/aromatic N) is 2. The van der Waals surface area contributed by atoms with E-state index >= 15 is 0 Å². The average Bonchev–Trinajstić information content (AvgIpc) is 3.14. The molecule has 0 amide bonds. The van der Waals surface area contributed by atoms with Crippen molar-refractivity contribution in [3.8, 4) is 10.4 Å². The van der Waals surface area contributed by atoms with Crippen LogP contribution in [-0.4, -0.2) is 56.4 Å². The number of aliphatic hydroxyl groups excluding tert-OH is 3. The van der Waals surface area contributed by atoms with Crippen molar-refractivity contribution in [3.05, 3.63) is 22.2 Å². The van der Waals surface area contributed by atoms with Crippen LogP contribution in [-0.2, 0) is 0 Å². The number of hydrogen-bond donors (Lipinski definition) is 5. The molecule has 0 radical (unpaired) electrons. The Kier molecular flexibility index (Phi) is 5.21. The van der Waals surface area contributed by atoms with Crippen molar-refractivity contribution in [1.29, 1.82) is 0 Å². The number of anilines is 2. The molecule has 4 atom stereocenters. The lowest BCUT2D eigenvalue weighted by molar-refractivity contribution is 0.00446. The van der Waals surface area contributed by atoms with Gasteiger partial charge in [0.1, 0.15) is 17.1 Å². The third-order valence-corrected chi connectivity index (χ3v) is 5.53. The molecule has 1 aliphatic rings. The standard InChI is InChI=1S/C15H17ClN4O4S/c16-13-10(9-2-1-7(5-22)25-9)14(20-15(17)19-13)18-8-3-6(4-21)11(23)12(8)24/h1-2,5-6,8,11-12,21,23-24H,3-4H2,(H3,17,18,19,20)/t6-,8-,11-,12+/m1/s1. The van der Waals surface area contributed by atoms with E-state index in [2.05, 4.69) is 15.3 Å². The predicted molar refractivity (Wildman–Crippen MR) is 94.8 cm³/mol. The van der Waals surface area contributed by atoms with Crippen molar-refractivity contribution in [2.75, 3.05) is 17.7 Å². The van der Waals surface area contributed by atoms with Crippen LogP contribution in [0.3, 0.4) is 0 Å². The number of aromatic nitrogens is 2. The number of rotatable bonds is 5. The minimum atomic E-state index is -1.08. The van der Waals surface area contributed by atoms with Gasteiger partial charge in [0.25, 0.3) is 0 Å². The van der Waals surface area contributed by atoms with Crippen LogP contribution in [0, 0.1) is 5.92 Å². The van der Waals surface area contributed by atoms with Gasteiger partial charge in [-0.05, 0) is 18.6 Å². The van der Waals surface area contributed by atoms with Crippen LogP contribution < -0.4 is 11.1 Å². The van der Waals surface area contributed by atoms with Crippen molar-refractivity contribution in [1.82, 2.24) is 9.97 Å². The Morgan fingerprint density at radius 2 is 2.12 bits per heavy atom. The first-order valence-corrected chi connectivity index (χ1v) is 8.76. The lowest BCUT2D eigenvalue weighted by Crippen LogP contribution is -2.35. The number of thiophene rings is 1. The molecule has 10 heteroatoms. The summed E-state index contributed by atoms with van der Waals surface area (Å²) in [6.07, 6.45) is -1.03. The molecular weight excluding hydrogens is 368 g/mol. The molecule has 2 aromatic heterocycles. The molecule has 0 aliphatic heterocycles. The molecule has 1 saturated carbocycles. The van der Waals surface area contributed by atoms with E-state index in [0.29, 0.717) is 27.6 Å². The fourth-order valence-corrected chi connectivity index (χ4v) is 4.15. The summed E-state index contributed by atoms with van der Waals surface area (Å²) in [6.45, 7) is -0.233. The highest BCUT2D eigenvalue weighted by atomic mass is 35.5. The van der Waals surface area contributed by atoms with Gasteiger partial charge in [0.05, 0.1) is 22.6 Å². The molecule has 3 rings (SSSR count). The van der Waals surface area contributed by atoms with Crippen molar-refractivity contribution in [3.63, 3.8) is 0 Å². The largest absolute Gasteiger partial charge is 0.396 e. The van der Waals surface area contributed by atoms with E-state index in [0.717, 1.165) is 6.29 Å². The number of halogens is 1. The minimum Gasteiger partial charge on any atom is -0.396 e. The number of carbonyl (C=O) groups excluding carboxylic acids is 1. The zero-order chi connectivity index (χ0) is 18.1. The van der Waals surface area contributed by atoms with Gasteiger partial charge in [-0.3, -0.25) is 4.79 Å². The van der Waals surface area contributed by atoms with Crippen molar-refractivity contribution in [2.24, 2.45) is 5.92 Å². The second kappa shape index (κ2) is 7.22. The van der Waals surface area contributed by atoms with E-state index in [-0.39, 0.29) is 17.7 Å². The van der Waals surface area contributed by atoms with Crippen LogP contribution in [0.5, 0.6) is 0 Å². The zero-order valence-corrected chi connectivity index (χ0v) is 14.5. The Hall–Kier alpha value is -1.78. The lowest BCUT2D eigenvalue weighted by atomic mass is 10.1. The van der Waals surface area contributed by atoms with Gasteiger partial charge in [-0.1, -0.05) is 11.6 Å². The maximum absolute atomic E-state index is 10.9. The highest BCUT2D eigenvalue weighted by molar-refractivity contribution is 7.17. The van der Waals surface area contributed by atoms with Crippen LogP contribution in [0.4, 0.5) is 11.8 Å². The van der Waals surface area contributed by atoms with Gasteiger partial charge < -0.3 is 26.4 Å². The highest BCUT2D eigenvalue weighted by Crippen LogP contribution is 2.39. The first kappa shape index (κ1) is 18.0. The van der Waals surface area contributed by atoms with Crippen molar-refractivity contribution in [2.45, 2.75) is 24.7 Å². The molecular formula is C15H17ClN4O4S. The van der Waals surface area contributed by atoms with E-state index < -0.39 is 24.2 Å². The molecule has 8 nitrogen and oxygen atoms in total. The van der Waals surface area contributed by atoms with E-state index in [4.69, 9.17) is 17.3 Å². The van der Waals surface area contributed by atoms with Crippen molar-refractivity contribution >= 4 is 41.0 Å². The molecule has 0 saturated heterocycles. The monoisotopic (exact) mass is 384 g/mol. The number of hydrogen-bond acceptors (Lipinski definition) is 9. The number of nitrogens with one attached hydrogen (secondary N) is 1. The Balaban J connectivity index is 1.97. The average molecular weight is 385 g/mol. The fourth-order valence-electron chi connectivity index (χ4n) is 2.95. The zero-order valence-electron chi connectivity index (χ0n) is 13.0. The smallest absolute Gasteiger partial charge is 0.223 e. The van der Waals surface area contributed by atoms with Crippen molar-refractivity contribution < 1.29 is 20.1 Å². The summed E-state index contributed by atoms with van der Waals surface area (Å²) in [5.41, 5.74) is 6.14.